The Labute approximate surface area is 124 Å². The van der Waals surface area contributed by atoms with Gasteiger partial charge in [-0.2, -0.15) is 13.2 Å². The molecule has 116 valence electrons. The number of hydrogen-bond donors (Lipinski definition) is 0. The Bertz CT molecular complexity index is 266. The van der Waals surface area contributed by atoms with Gasteiger partial charge in [0.2, 0.25) is 0 Å². The summed E-state index contributed by atoms with van der Waals surface area (Å²) in [4.78, 5) is 0. The summed E-state index contributed by atoms with van der Waals surface area (Å²) in [5.41, 5.74) is -4.67. The molecule has 0 aliphatic rings. The molecule has 3 nitrogen and oxygen atoms in total. The molecule has 0 aliphatic carbocycles. The first-order valence-corrected chi connectivity index (χ1v) is 9.65. The zero-order valence-electron chi connectivity index (χ0n) is 10.1. The van der Waals surface area contributed by atoms with Gasteiger partial charge in [0.05, 0.1) is 24.6 Å². The molecule has 0 N–H and O–H groups in total. The van der Waals surface area contributed by atoms with Crippen molar-refractivity contribution in [2.24, 2.45) is 0 Å². The van der Waals surface area contributed by atoms with Crippen LogP contribution in [0.25, 0.3) is 0 Å². The Morgan fingerprint density at radius 1 is 0.947 bits per heavy atom. The van der Waals surface area contributed by atoms with Crippen LogP contribution in [0.5, 0.6) is 0 Å². The second kappa shape index (κ2) is 10.6. The van der Waals surface area contributed by atoms with E-state index in [0.717, 1.165) is 0 Å². The number of hydrogen-bond acceptors (Lipinski definition) is 4. The monoisotopic (exact) mass is 362 g/mol. The lowest BCUT2D eigenvalue weighted by atomic mass is 10.4. The molecule has 0 atom stereocenters. The highest BCUT2D eigenvalue weighted by atomic mass is 35.5. The molecule has 0 aliphatic heterocycles. The molecule has 0 saturated heterocycles. The van der Waals surface area contributed by atoms with Crippen molar-refractivity contribution in [2.45, 2.75) is 31.2 Å². The van der Waals surface area contributed by atoms with Crippen molar-refractivity contribution < 1.29 is 26.8 Å². The van der Waals surface area contributed by atoms with Gasteiger partial charge in [0.1, 0.15) is 0 Å². The maximum atomic E-state index is 12.3. The van der Waals surface area contributed by atoms with Crippen molar-refractivity contribution in [2.75, 3.05) is 25.0 Å². The topological polar surface area (TPSA) is 35.5 Å². The number of unbranched alkanes of at least 4 members (excludes halogenated alkanes) is 2. The fourth-order valence-corrected chi connectivity index (χ4v) is 4.00. The van der Waals surface area contributed by atoms with Crippen LogP contribution >= 0.6 is 41.4 Å². The van der Waals surface area contributed by atoms with Crippen molar-refractivity contribution in [3.05, 3.63) is 0 Å². The summed E-state index contributed by atoms with van der Waals surface area (Å²) in [5.74, 6) is 0.743. The molecule has 0 aromatic carbocycles. The molecular weight excluding hydrogens is 347 g/mol. The minimum atomic E-state index is -4.67. The van der Waals surface area contributed by atoms with Gasteiger partial charge in [-0.1, -0.05) is 0 Å². The van der Waals surface area contributed by atoms with Crippen LogP contribution in [-0.2, 0) is 13.6 Å². The first kappa shape index (κ1) is 19.9. The Morgan fingerprint density at radius 3 is 1.68 bits per heavy atom. The highest BCUT2D eigenvalue weighted by molar-refractivity contribution is 8.55. The van der Waals surface area contributed by atoms with Crippen LogP contribution in [-0.4, -0.2) is 30.5 Å². The summed E-state index contributed by atoms with van der Waals surface area (Å²) in [7, 11) is 0. The molecule has 0 fully saturated rings. The molecule has 0 aromatic heterocycles. The minimum absolute atomic E-state index is 0.0808. The summed E-state index contributed by atoms with van der Waals surface area (Å²) in [6, 6.07) is 0. The SMILES string of the molecule is O=P(OCCCCCl)(OCCCCCl)SC(F)(F)F. The molecule has 0 unspecified atom stereocenters. The van der Waals surface area contributed by atoms with Crippen molar-refractivity contribution in [1.29, 1.82) is 0 Å². The lowest BCUT2D eigenvalue weighted by molar-refractivity contribution is -0.0319. The van der Waals surface area contributed by atoms with Crippen LogP contribution < -0.4 is 0 Å². The predicted molar refractivity (Wildman–Crippen MR) is 73.1 cm³/mol. The van der Waals surface area contributed by atoms with Crippen LogP contribution in [0.2, 0.25) is 0 Å². The third kappa shape index (κ3) is 12.3. The third-order valence-corrected chi connectivity index (χ3v) is 5.66. The zero-order valence-corrected chi connectivity index (χ0v) is 13.3. The molecule has 0 amide bonds. The molecule has 0 rings (SSSR count). The lowest BCUT2D eigenvalue weighted by Gasteiger charge is -2.18. The smallest absolute Gasteiger partial charge is 0.301 e. The first-order valence-electron chi connectivity index (χ1n) is 5.61. The maximum Gasteiger partial charge on any atom is 0.452 e. The van der Waals surface area contributed by atoms with E-state index in [0.29, 0.717) is 37.4 Å². The van der Waals surface area contributed by atoms with E-state index >= 15 is 0 Å². The van der Waals surface area contributed by atoms with Crippen molar-refractivity contribution in [3.63, 3.8) is 0 Å². The van der Waals surface area contributed by atoms with Gasteiger partial charge in [-0.3, -0.25) is 0 Å². The van der Waals surface area contributed by atoms with Gasteiger partial charge < -0.3 is 9.05 Å². The van der Waals surface area contributed by atoms with Crippen molar-refractivity contribution in [3.8, 4) is 0 Å². The molecule has 0 radical (unpaired) electrons. The highest BCUT2D eigenvalue weighted by Gasteiger charge is 2.42. The van der Waals surface area contributed by atoms with E-state index < -0.39 is 23.7 Å². The second-order valence-corrected chi connectivity index (χ2v) is 8.14. The van der Waals surface area contributed by atoms with Gasteiger partial charge in [0, 0.05) is 11.8 Å². The Balaban J connectivity index is 4.24. The molecular formula is C9H16Cl2F3O3PS. The molecule has 0 spiro atoms. The quantitative estimate of drug-likeness (QED) is 0.279. The average Bonchev–Trinajstić information content (AvgIpc) is 2.28. The largest absolute Gasteiger partial charge is 0.452 e. The van der Waals surface area contributed by atoms with Crippen LogP contribution in [0.3, 0.4) is 0 Å². The van der Waals surface area contributed by atoms with Crippen LogP contribution in [0.1, 0.15) is 25.7 Å². The normalized spacial score (nSPS) is 12.9. The van der Waals surface area contributed by atoms with Crippen LogP contribution in [0.15, 0.2) is 0 Å². The summed E-state index contributed by atoms with van der Waals surface area (Å²) in [5, 5.41) is 0. The minimum Gasteiger partial charge on any atom is -0.301 e. The summed E-state index contributed by atoms with van der Waals surface area (Å²) in [6.45, 7) is -4.38. The van der Waals surface area contributed by atoms with E-state index in [1.807, 2.05) is 0 Å². The standard InChI is InChI=1S/C9H16Cl2F3O3PS/c10-5-1-3-7-16-18(15,19-9(12,13)14)17-8-4-2-6-11/h1-8H2. The van der Waals surface area contributed by atoms with Crippen molar-refractivity contribution in [1.82, 2.24) is 0 Å². The maximum absolute atomic E-state index is 12.3. The number of rotatable bonds is 11. The molecule has 0 saturated carbocycles. The molecule has 0 aromatic rings. The van der Waals surface area contributed by atoms with Gasteiger partial charge in [-0.25, -0.2) is 4.57 Å². The van der Waals surface area contributed by atoms with E-state index in [9.17, 15) is 17.7 Å². The third-order valence-electron chi connectivity index (χ3n) is 1.77. The fourth-order valence-electron chi connectivity index (χ4n) is 0.963. The van der Waals surface area contributed by atoms with Crippen LogP contribution in [0.4, 0.5) is 13.2 Å². The zero-order chi connectivity index (χ0) is 14.8. The first-order chi connectivity index (χ1) is 8.83. The molecule has 0 heterocycles. The summed E-state index contributed by atoms with van der Waals surface area (Å²) >= 11 is 10.1. The average molecular weight is 363 g/mol. The Hall–Kier alpha value is 0.870. The highest BCUT2D eigenvalue weighted by Crippen LogP contribution is 2.66. The summed E-state index contributed by atoms with van der Waals surface area (Å²) < 4.78 is 58.3. The van der Waals surface area contributed by atoms with E-state index in [-0.39, 0.29) is 13.2 Å². The van der Waals surface area contributed by atoms with Gasteiger partial charge in [0.25, 0.3) is 0 Å². The lowest BCUT2D eigenvalue weighted by Crippen LogP contribution is -2.05. The van der Waals surface area contributed by atoms with E-state index in [2.05, 4.69) is 0 Å². The van der Waals surface area contributed by atoms with Crippen molar-refractivity contribution >= 4 is 41.4 Å². The fraction of sp³-hybridized carbons (Fsp3) is 1.00. The van der Waals surface area contributed by atoms with Gasteiger partial charge in [-0.05, 0) is 25.7 Å². The molecule has 0 bridgehead atoms. The molecule has 10 heteroatoms. The number of halogens is 5. The second-order valence-electron chi connectivity index (χ2n) is 3.44. The van der Waals surface area contributed by atoms with E-state index in [1.54, 1.807) is 0 Å². The van der Waals surface area contributed by atoms with Gasteiger partial charge >= 0.3 is 12.3 Å². The number of alkyl halides is 5. The van der Waals surface area contributed by atoms with E-state index in [1.165, 1.54) is 0 Å². The Kier molecular flexibility index (Phi) is 11.1. The van der Waals surface area contributed by atoms with Gasteiger partial charge in [-0.15, -0.1) is 23.2 Å². The molecule has 19 heavy (non-hydrogen) atoms. The Morgan fingerprint density at radius 2 is 1.37 bits per heavy atom. The van der Waals surface area contributed by atoms with Gasteiger partial charge in [0.15, 0.2) is 0 Å². The predicted octanol–water partition coefficient (Wildman–Crippen LogP) is 5.42. The summed E-state index contributed by atoms with van der Waals surface area (Å²) in [6.07, 6.45) is 2.00. The van der Waals surface area contributed by atoms with Crippen LogP contribution in [0, 0.1) is 0 Å². The van der Waals surface area contributed by atoms with E-state index in [4.69, 9.17) is 32.2 Å².